The number of aromatic nitrogens is 3. The van der Waals surface area contributed by atoms with Gasteiger partial charge in [0.25, 0.3) is 11.6 Å². The second-order valence-electron chi connectivity index (χ2n) is 6.35. The van der Waals surface area contributed by atoms with E-state index in [2.05, 4.69) is 20.6 Å². The molecular formula is C19H16N4O5S. The van der Waals surface area contributed by atoms with Crippen LogP contribution in [-0.2, 0) is 9.53 Å². The summed E-state index contributed by atoms with van der Waals surface area (Å²) in [6, 6.07) is 6.94. The zero-order valence-corrected chi connectivity index (χ0v) is 16.6. The standard InChI is InChI=1S/C19H16N4O5S/c1-9-7-15(27-22-9)21-17(24)11(3)26-19(25)12-8-13(14-5-4-6-29-14)20-18-16(12)10(2)23-28-18/h4-8,11H,1-3H3,(H,21,24). The van der Waals surface area contributed by atoms with Gasteiger partial charge in [-0.3, -0.25) is 10.1 Å². The van der Waals surface area contributed by atoms with Crippen molar-refractivity contribution in [2.75, 3.05) is 5.32 Å². The molecule has 0 saturated carbocycles. The first-order valence-electron chi connectivity index (χ1n) is 8.68. The zero-order chi connectivity index (χ0) is 20.5. The van der Waals surface area contributed by atoms with E-state index < -0.39 is 18.0 Å². The van der Waals surface area contributed by atoms with Crippen molar-refractivity contribution in [2.24, 2.45) is 0 Å². The highest BCUT2D eigenvalue weighted by Gasteiger charge is 2.25. The number of hydrogen-bond donors (Lipinski definition) is 1. The van der Waals surface area contributed by atoms with E-state index in [0.29, 0.717) is 22.5 Å². The molecule has 1 atom stereocenters. The van der Waals surface area contributed by atoms with Gasteiger partial charge in [0.2, 0.25) is 5.88 Å². The summed E-state index contributed by atoms with van der Waals surface area (Å²) < 4.78 is 15.6. The number of esters is 1. The molecule has 0 radical (unpaired) electrons. The minimum Gasteiger partial charge on any atom is -0.449 e. The fourth-order valence-electron chi connectivity index (χ4n) is 2.73. The number of hydrogen-bond acceptors (Lipinski definition) is 9. The van der Waals surface area contributed by atoms with E-state index in [1.54, 1.807) is 26.0 Å². The number of nitrogens with one attached hydrogen (secondary N) is 1. The van der Waals surface area contributed by atoms with Gasteiger partial charge in [-0.15, -0.1) is 11.3 Å². The Bertz CT molecular complexity index is 1190. The SMILES string of the molecule is Cc1cc(NC(=O)C(C)OC(=O)c2cc(-c3cccs3)nc3onc(C)c23)on1. The third-order valence-corrected chi connectivity index (χ3v) is 5.03. The molecule has 4 rings (SSSR count). The lowest BCUT2D eigenvalue weighted by atomic mass is 10.1. The minimum absolute atomic E-state index is 0.177. The fourth-order valence-corrected chi connectivity index (χ4v) is 3.42. The van der Waals surface area contributed by atoms with Gasteiger partial charge < -0.3 is 13.8 Å². The molecule has 4 heterocycles. The minimum atomic E-state index is -1.07. The van der Waals surface area contributed by atoms with Crippen molar-refractivity contribution in [3.63, 3.8) is 0 Å². The van der Waals surface area contributed by atoms with Gasteiger partial charge in [-0.05, 0) is 38.3 Å². The summed E-state index contributed by atoms with van der Waals surface area (Å²) in [5.74, 6) is -1.05. The number of rotatable bonds is 5. The van der Waals surface area contributed by atoms with Gasteiger partial charge in [0.1, 0.15) is 0 Å². The topological polar surface area (TPSA) is 120 Å². The van der Waals surface area contributed by atoms with Crippen LogP contribution in [0, 0.1) is 13.8 Å². The Morgan fingerprint density at radius 2 is 2.03 bits per heavy atom. The number of pyridine rings is 1. The number of carbonyl (C=O) groups is 2. The summed E-state index contributed by atoms with van der Waals surface area (Å²) in [6.07, 6.45) is -1.07. The van der Waals surface area contributed by atoms with Crippen molar-refractivity contribution in [2.45, 2.75) is 26.9 Å². The normalized spacial score (nSPS) is 12.1. The van der Waals surface area contributed by atoms with Crippen LogP contribution in [0.2, 0.25) is 0 Å². The maximum absolute atomic E-state index is 12.9. The molecule has 10 heteroatoms. The molecule has 0 aliphatic heterocycles. The molecule has 0 aliphatic carbocycles. The molecule has 0 saturated heterocycles. The van der Waals surface area contributed by atoms with E-state index in [1.165, 1.54) is 18.3 Å². The number of carbonyl (C=O) groups excluding carboxylic acids is 2. The molecule has 0 bridgehead atoms. The molecule has 1 unspecified atom stereocenters. The molecule has 9 nitrogen and oxygen atoms in total. The van der Waals surface area contributed by atoms with Crippen LogP contribution in [0.4, 0.5) is 5.88 Å². The van der Waals surface area contributed by atoms with Gasteiger partial charge in [-0.1, -0.05) is 16.4 Å². The lowest BCUT2D eigenvalue weighted by Crippen LogP contribution is -2.30. The van der Waals surface area contributed by atoms with Crippen LogP contribution in [-0.4, -0.2) is 33.3 Å². The van der Waals surface area contributed by atoms with Crippen molar-refractivity contribution in [1.29, 1.82) is 0 Å². The lowest BCUT2D eigenvalue weighted by Gasteiger charge is -2.13. The Kier molecular flexibility index (Phi) is 4.85. The van der Waals surface area contributed by atoms with Gasteiger partial charge >= 0.3 is 5.97 Å². The zero-order valence-electron chi connectivity index (χ0n) is 15.8. The van der Waals surface area contributed by atoms with Gasteiger partial charge in [-0.2, -0.15) is 0 Å². The Balaban J connectivity index is 1.60. The van der Waals surface area contributed by atoms with Crippen molar-refractivity contribution >= 4 is 40.2 Å². The Morgan fingerprint density at radius 1 is 1.21 bits per heavy atom. The van der Waals surface area contributed by atoms with Crippen LogP contribution in [0.3, 0.4) is 0 Å². The second kappa shape index (κ2) is 7.47. The van der Waals surface area contributed by atoms with Crippen LogP contribution < -0.4 is 5.32 Å². The maximum Gasteiger partial charge on any atom is 0.339 e. The number of thiophene rings is 1. The average Bonchev–Trinajstić information content (AvgIpc) is 3.43. The third-order valence-electron chi connectivity index (χ3n) is 4.14. The summed E-state index contributed by atoms with van der Waals surface area (Å²) in [6.45, 7) is 4.90. The monoisotopic (exact) mass is 412 g/mol. The number of anilines is 1. The second-order valence-corrected chi connectivity index (χ2v) is 7.30. The van der Waals surface area contributed by atoms with Gasteiger partial charge in [0.05, 0.1) is 32.9 Å². The fraction of sp³-hybridized carbons (Fsp3) is 0.211. The summed E-state index contributed by atoms with van der Waals surface area (Å²) in [7, 11) is 0. The van der Waals surface area contributed by atoms with E-state index in [0.717, 1.165) is 4.88 Å². The summed E-state index contributed by atoms with van der Waals surface area (Å²) in [5, 5.41) is 12.4. The number of nitrogens with zero attached hydrogens (tertiary/aromatic N) is 3. The highest BCUT2D eigenvalue weighted by molar-refractivity contribution is 7.13. The molecule has 29 heavy (non-hydrogen) atoms. The van der Waals surface area contributed by atoms with Crippen molar-refractivity contribution < 1.29 is 23.4 Å². The summed E-state index contributed by atoms with van der Waals surface area (Å²) >= 11 is 1.48. The third kappa shape index (κ3) is 3.74. The molecular weight excluding hydrogens is 396 g/mol. The summed E-state index contributed by atoms with van der Waals surface area (Å²) in [5.41, 5.74) is 2.14. The number of amides is 1. The number of aryl methyl sites for hydroxylation is 2. The quantitative estimate of drug-likeness (QED) is 0.492. The molecule has 4 aromatic rings. The van der Waals surface area contributed by atoms with E-state index in [9.17, 15) is 9.59 Å². The molecule has 0 aliphatic rings. The smallest absolute Gasteiger partial charge is 0.339 e. The average molecular weight is 412 g/mol. The van der Waals surface area contributed by atoms with Gasteiger partial charge in [-0.25, -0.2) is 9.78 Å². The Hall–Kier alpha value is -3.53. The largest absolute Gasteiger partial charge is 0.449 e. The molecule has 0 spiro atoms. The van der Waals surface area contributed by atoms with Crippen LogP contribution in [0.25, 0.3) is 21.7 Å². The van der Waals surface area contributed by atoms with E-state index in [-0.39, 0.29) is 17.2 Å². The van der Waals surface area contributed by atoms with Crippen LogP contribution >= 0.6 is 11.3 Å². The molecule has 4 aromatic heterocycles. The predicted octanol–water partition coefficient (Wildman–Crippen LogP) is 3.74. The molecule has 0 aromatic carbocycles. The van der Waals surface area contributed by atoms with Crippen molar-refractivity contribution in [3.8, 4) is 10.6 Å². The van der Waals surface area contributed by atoms with Crippen LogP contribution in [0.5, 0.6) is 0 Å². The Morgan fingerprint density at radius 3 is 2.72 bits per heavy atom. The maximum atomic E-state index is 12.9. The highest BCUT2D eigenvalue weighted by atomic mass is 32.1. The Labute approximate surface area is 168 Å². The van der Waals surface area contributed by atoms with E-state index >= 15 is 0 Å². The molecule has 1 amide bonds. The highest BCUT2D eigenvalue weighted by Crippen LogP contribution is 2.30. The molecule has 1 N–H and O–H groups in total. The van der Waals surface area contributed by atoms with Crippen LogP contribution in [0.15, 0.2) is 38.7 Å². The predicted molar refractivity (Wildman–Crippen MR) is 105 cm³/mol. The summed E-state index contributed by atoms with van der Waals surface area (Å²) in [4.78, 5) is 30.5. The van der Waals surface area contributed by atoms with Gasteiger partial charge in [0.15, 0.2) is 6.10 Å². The number of ether oxygens (including phenoxy) is 1. The number of fused-ring (bicyclic) bond motifs is 1. The first kappa shape index (κ1) is 18.8. The lowest BCUT2D eigenvalue weighted by molar-refractivity contribution is -0.123. The van der Waals surface area contributed by atoms with E-state index in [4.69, 9.17) is 13.8 Å². The van der Waals surface area contributed by atoms with E-state index in [1.807, 2.05) is 17.5 Å². The molecule has 0 fully saturated rings. The first-order chi connectivity index (χ1) is 13.9. The van der Waals surface area contributed by atoms with Gasteiger partial charge in [0, 0.05) is 6.07 Å². The van der Waals surface area contributed by atoms with Crippen LogP contribution in [0.1, 0.15) is 28.7 Å². The van der Waals surface area contributed by atoms with Crippen molar-refractivity contribution in [3.05, 3.63) is 46.6 Å². The van der Waals surface area contributed by atoms with Crippen molar-refractivity contribution in [1.82, 2.24) is 15.3 Å². The molecule has 148 valence electrons. The first-order valence-corrected chi connectivity index (χ1v) is 9.56.